The largest absolute Gasteiger partial charge is 0.389 e. The topological polar surface area (TPSA) is 20.2 Å². The average Bonchev–Trinajstić information content (AvgIpc) is 2.39. The number of hydrogen-bond acceptors (Lipinski definition) is 1. The maximum absolute atomic E-state index is 9.99. The molecular formula is C16H22O. The third-order valence-electron chi connectivity index (χ3n) is 3.50. The van der Waals surface area contributed by atoms with E-state index in [4.69, 9.17) is 0 Å². The predicted octanol–water partition coefficient (Wildman–Crippen LogP) is 3.87. The Morgan fingerprint density at radius 2 is 1.76 bits per heavy atom. The van der Waals surface area contributed by atoms with Gasteiger partial charge in [0.15, 0.2) is 0 Å². The van der Waals surface area contributed by atoms with Crippen LogP contribution in [-0.2, 0) is 6.42 Å². The Balaban J connectivity index is 1.79. The fraction of sp³-hybridized carbons (Fsp3) is 0.500. The molecule has 1 atom stereocenters. The molecule has 0 amide bonds. The van der Waals surface area contributed by atoms with Crippen molar-refractivity contribution in [1.29, 1.82) is 0 Å². The van der Waals surface area contributed by atoms with Crippen LogP contribution in [0.4, 0.5) is 0 Å². The summed E-state index contributed by atoms with van der Waals surface area (Å²) in [5, 5.41) is 9.99. The number of hydrogen-bond donors (Lipinski definition) is 1. The Morgan fingerprint density at radius 3 is 2.47 bits per heavy atom. The van der Waals surface area contributed by atoms with Gasteiger partial charge in [-0.15, -0.1) is 0 Å². The molecule has 1 aliphatic carbocycles. The highest BCUT2D eigenvalue weighted by molar-refractivity contribution is 5.15. The van der Waals surface area contributed by atoms with E-state index in [0.29, 0.717) is 0 Å². The second kappa shape index (κ2) is 6.61. The number of rotatable bonds is 4. The second-order valence-corrected chi connectivity index (χ2v) is 4.98. The molecule has 0 aliphatic heterocycles. The number of aliphatic hydroxyl groups excluding tert-OH is 1. The molecular weight excluding hydrogens is 208 g/mol. The molecule has 1 aliphatic rings. The van der Waals surface area contributed by atoms with Crippen molar-refractivity contribution < 1.29 is 5.11 Å². The summed E-state index contributed by atoms with van der Waals surface area (Å²) in [4.78, 5) is 0. The quantitative estimate of drug-likeness (QED) is 0.778. The van der Waals surface area contributed by atoms with Crippen molar-refractivity contribution in [3.8, 4) is 0 Å². The first-order valence-corrected chi connectivity index (χ1v) is 6.76. The highest BCUT2D eigenvalue weighted by Crippen LogP contribution is 2.23. The van der Waals surface area contributed by atoms with Gasteiger partial charge in [0.05, 0.1) is 6.10 Å². The van der Waals surface area contributed by atoms with Gasteiger partial charge in [-0.25, -0.2) is 0 Å². The van der Waals surface area contributed by atoms with E-state index in [1.54, 1.807) is 0 Å². The van der Waals surface area contributed by atoms with E-state index in [0.717, 1.165) is 12.8 Å². The monoisotopic (exact) mass is 230 g/mol. The smallest absolute Gasteiger partial charge is 0.0726 e. The molecule has 0 spiro atoms. The summed E-state index contributed by atoms with van der Waals surface area (Å²) in [5.41, 5.74) is 2.78. The van der Waals surface area contributed by atoms with Gasteiger partial charge in [-0.1, -0.05) is 48.4 Å². The second-order valence-electron chi connectivity index (χ2n) is 4.98. The van der Waals surface area contributed by atoms with Gasteiger partial charge in [0.2, 0.25) is 0 Å². The predicted molar refractivity (Wildman–Crippen MR) is 71.9 cm³/mol. The van der Waals surface area contributed by atoms with Crippen LogP contribution >= 0.6 is 0 Å². The number of benzene rings is 1. The van der Waals surface area contributed by atoms with E-state index in [1.165, 1.54) is 43.2 Å². The summed E-state index contributed by atoms with van der Waals surface area (Å²) < 4.78 is 0. The molecule has 0 aromatic heterocycles. The van der Waals surface area contributed by atoms with Crippen LogP contribution in [0, 0.1) is 0 Å². The average molecular weight is 230 g/mol. The first-order valence-electron chi connectivity index (χ1n) is 6.76. The Bertz CT molecular complexity index is 345. The molecule has 1 N–H and O–H groups in total. The highest BCUT2D eigenvalue weighted by Gasteiger charge is 2.08. The molecule has 1 unspecified atom stereocenters. The molecule has 1 heteroatoms. The number of aliphatic hydroxyl groups is 1. The van der Waals surface area contributed by atoms with Gasteiger partial charge in [0.25, 0.3) is 0 Å². The van der Waals surface area contributed by atoms with Crippen molar-refractivity contribution in [2.24, 2.45) is 0 Å². The van der Waals surface area contributed by atoms with Crippen LogP contribution in [0.25, 0.3) is 0 Å². The van der Waals surface area contributed by atoms with Gasteiger partial charge in [0, 0.05) is 0 Å². The van der Waals surface area contributed by atoms with Crippen LogP contribution in [0.1, 0.15) is 44.1 Å². The van der Waals surface area contributed by atoms with Crippen molar-refractivity contribution in [3.05, 3.63) is 47.5 Å². The Labute approximate surface area is 104 Å². The first-order chi connectivity index (χ1) is 8.34. The lowest BCUT2D eigenvalue weighted by molar-refractivity contribution is 0.211. The van der Waals surface area contributed by atoms with Crippen LogP contribution in [0.2, 0.25) is 0 Å². The lowest BCUT2D eigenvalue weighted by atomic mass is 9.93. The third-order valence-corrected chi connectivity index (χ3v) is 3.50. The number of aryl methyl sites for hydroxylation is 1. The maximum atomic E-state index is 9.99. The summed E-state index contributed by atoms with van der Waals surface area (Å²) in [6, 6.07) is 10.4. The molecule has 17 heavy (non-hydrogen) atoms. The van der Waals surface area contributed by atoms with Crippen LogP contribution < -0.4 is 0 Å². The van der Waals surface area contributed by atoms with Crippen LogP contribution in [0.3, 0.4) is 0 Å². The van der Waals surface area contributed by atoms with Crippen molar-refractivity contribution >= 4 is 0 Å². The van der Waals surface area contributed by atoms with E-state index < -0.39 is 0 Å². The van der Waals surface area contributed by atoms with Gasteiger partial charge in [-0.2, -0.15) is 0 Å². The third kappa shape index (κ3) is 4.35. The lowest BCUT2D eigenvalue weighted by Crippen LogP contribution is -2.07. The normalized spacial score (nSPS) is 17.8. The van der Waals surface area contributed by atoms with Crippen LogP contribution in [0.5, 0.6) is 0 Å². The van der Waals surface area contributed by atoms with E-state index >= 15 is 0 Å². The zero-order chi connectivity index (χ0) is 11.9. The Kier molecular flexibility index (Phi) is 4.81. The number of allylic oxidation sites excluding steroid dienone is 1. The zero-order valence-corrected chi connectivity index (χ0v) is 10.4. The van der Waals surface area contributed by atoms with Gasteiger partial charge in [-0.3, -0.25) is 0 Å². The van der Waals surface area contributed by atoms with Crippen LogP contribution in [-0.4, -0.2) is 11.2 Å². The van der Waals surface area contributed by atoms with Gasteiger partial charge < -0.3 is 5.11 Å². The first kappa shape index (κ1) is 12.4. The van der Waals surface area contributed by atoms with Crippen molar-refractivity contribution in [3.63, 3.8) is 0 Å². The summed E-state index contributed by atoms with van der Waals surface area (Å²) in [7, 11) is 0. The molecule has 0 bridgehead atoms. The summed E-state index contributed by atoms with van der Waals surface area (Å²) in [6.45, 7) is 0. The molecule has 92 valence electrons. The van der Waals surface area contributed by atoms with E-state index in [9.17, 15) is 5.11 Å². The molecule has 1 saturated carbocycles. The summed E-state index contributed by atoms with van der Waals surface area (Å²) in [5.74, 6) is 0. The Morgan fingerprint density at radius 1 is 1.06 bits per heavy atom. The summed E-state index contributed by atoms with van der Waals surface area (Å²) >= 11 is 0. The molecule has 1 aromatic carbocycles. The van der Waals surface area contributed by atoms with Crippen molar-refractivity contribution in [2.45, 2.75) is 51.0 Å². The minimum absolute atomic E-state index is 0.261. The maximum Gasteiger partial charge on any atom is 0.0726 e. The van der Waals surface area contributed by atoms with Crippen LogP contribution in [0.15, 0.2) is 42.0 Å². The van der Waals surface area contributed by atoms with Gasteiger partial charge >= 0.3 is 0 Å². The van der Waals surface area contributed by atoms with Crippen molar-refractivity contribution in [2.75, 3.05) is 0 Å². The van der Waals surface area contributed by atoms with Crippen molar-refractivity contribution in [1.82, 2.24) is 0 Å². The molecule has 1 aromatic rings. The molecule has 2 rings (SSSR count). The van der Waals surface area contributed by atoms with Gasteiger partial charge in [-0.05, 0) is 44.1 Å². The molecule has 0 radical (unpaired) electrons. The lowest BCUT2D eigenvalue weighted by Gasteiger charge is -2.15. The molecule has 1 fully saturated rings. The van der Waals surface area contributed by atoms with E-state index in [2.05, 4.69) is 30.3 Å². The van der Waals surface area contributed by atoms with Gasteiger partial charge in [0.1, 0.15) is 0 Å². The summed E-state index contributed by atoms with van der Waals surface area (Å²) in [6.07, 6.45) is 10.0. The zero-order valence-electron chi connectivity index (χ0n) is 10.4. The standard InChI is InChI=1S/C16H22O/c17-16(13-15-9-5-2-6-10-15)12-11-14-7-3-1-4-8-14/h1,3-4,7-8,13,16-17H,2,5-6,9-12H2. The van der Waals surface area contributed by atoms with E-state index in [1.807, 2.05) is 6.07 Å². The minimum atomic E-state index is -0.261. The highest BCUT2D eigenvalue weighted by atomic mass is 16.3. The molecule has 1 nitrogen and oxygen atoms in total. The SMILES string of the molecule is OC(C=C1CCCCC1)CCc1ccccc1. The minimum Gasteiger partial charge on any atom is -0.389 e. The fourth-order valence-corrected chi connectivity index (χ4v) is 2.49. The molecule has 0 heterocycles. The molecule has 0 saturated heterocycles. The fourth-order valence-electron chi connectivity index (χ4n) is 2.49. The van der Waals surface area contributed by atoms with E-state index in [-0.39, 0.29) is 6.10 Å². The Hall–Kier alpha value is -1.08.